The molecule has 0 N–H and O–H groups in total. The average molecular weight is 263 g/mol. The van der Waals surface area contributed by atoms with E-state index in [1.807, 2.05) is 12.1 Å². The minimum Gasteiger partial charge on any atom is -0.497 e. The Kier molecular flexibility index (Phi) is 6.06. The van der Waals surface area contributed by atoms with Crippen molar-refractivity contribution in [3.05, 3.63) is 29.8 Å². The van der Waals surface area contributed by atoms with E-state index in [-0.39, 0.29) is 11.7 Å². The van der Waals surface area contributed by atoms with Crippen molar-refractivity contribution in [2.75, 3.05) is 21.2 Å². The van der Waals surface area contributed by atoms with Gasteiger partial charge in [-0.2, -0.15) is 0 Å². The zero-order chi connectivity index (χ0) is 14.3. The summed E-state index contributed by atoms with van der Waals surface area (Å²) in [6.07, 6.45) is 2.44. The van der Waals surface area contributed by atoms with Crippen LogP contribution in [0.4, 0.5) is 0 Å². The third kappa shape index (κ3) is 5.12. The molecular weight excluding hydrogens is 242 g/mol. The zero-order valence-corrected chi connectivity index (χ0v) is 11.8. The molecule has 0 saturated carbocycles. The first-order chi connectivity index (χ1) is 9.04. The summed E-state index contributed by atoms with van der Waals surface area (Å²) >= 11 is 0. The molecule has 0 atom stereocenters. The maximum Gasteiger partial charge on any atom is 0.222 e. The number of unbranched alkanes of at least 4 members (excludes halogenated alkanes) is 1. The third-order valence-electron chi connectivity index (χ3n) is 2.93. The first-order valence-electron chi connectivity index (χ1n) is 6.42. The highest BCUT2D eigenvalue weighted by molar-refractivity contribution is 5.96. The highest BCUT2D eigenvalue weighted by Crippen LogP contribution is 2.15. The molecule has 1 rings (SSSR count). The molecule has 0 radical (unpaired) electrons. The van der Waals surface area contributed by atoms with Crippen molar-refractivity contribution in [1.29, 1.82) is 0 Å². The lowest BCUT2D eigenvalue weighted by Crippen LogP contribution is -2.21. The average Bonchev–Trinajstić information content (AvgIpc) is 2.42. The maximum absolute atomic E-state index is 11.9. The molecule has 0 saturated heterocycles. The molecule has 1 amide bonds. The Hall–Kier alpha value is -1.84. The Morgan fingerprint density at radius 1 is 1.16 bits per heavy atom. The highest BCUT2D eigenvalue weighted by Gasteiger charge is 2.08. The fraction of sp³-hybridized carbons (Fsp3) is 0.467. The smallest absolute Gasteiger partial charge is 0.222 e. The first-order valence-corrected chi connectivity index (χ1v) is 6.42. The Balaban J connectivity index is 2.37. The molecular formula is C15H21NO3. The van der Waals surface area contributed by atoms with Gasteiger partial charge in [-0.3, -0.25) is 9.59 Å². The van der Waals surface area contributed by atoms with Crippen molar-refractivity contribution in [2.24, 2.45) is 0 Å². The van der Waals surface area contributed by atoms with Crippen molar-refractivity contribution in [1.82, 2.24) is 4.90 Å². The molecule has 4 heteroatoms. The molecule has 0 bridgehead atoms. The third-order valence-corrected chi connectivity index (χ3v) is 2.93. The van der Waals surface area contributed by atoms with Gasteiger partial charge in [-0.1, -0.05) is 12.1 Å². The van der Waals surface area contributed by atoms with Gasteiger partial charge in [-0.05, 0) is 25.0 Å². The van der Waals surface area contributed by atoms with Gasteiger partial charge in [0.05, 0.1) is 7.11 Å². The van der Waals surface area contributed by atoms with Crippen LogP contribution in [0.1, 0.15) is 36.0 Å². The topological polar surface area (TPSA) is 46.6 Å². The van der Waals surface area contributed by atoms with Gasteiger partial charge in [0.1, 0.15) is 5.75 Å². The van der Waals surface area contributed by atoms with Crippen LogP contribution >= 0.6 is 0 Å². The van der Waals surface area contributed by atoms with E-state index in [2.05, 4.69) is 0 Å². The number of hydrogen-bond acceptors (Lipinski definition) is 3. The van der Waals surface area contributed by atoms with Gasteiger partial charge >= 0.3 is 0 Å². The van der Waals surface area contributed by atoms with Crippen molar-refractivity contribution >= 4 is 11.7 Å². The van der Waals surface area contributed by atoms with Crippen molar-refractivity contribution in [3.8, 4) is 5.75 Å². The van der Waals surface area contributed by atoms with Crippen LogP contribution in [0.2, 0.25) is 0 Å². The van der Waals surface area contributed by atoms with Crippen LogP contribution < -0.4 is 4.74 Å². The SMILES string of the molecule is COc1cccc(C(=O)CCCCC(=O)N(C)C)c1. The van der Waals surface area contributed by atoms with Gasteiger partial charge < -0.3 is 9.64 Å². The van der Waals surface area contributed by atoms with Gasteiger partial charge in [0, 0.05) is 32.5 Å². The predicted molar refractivity (Wildman–Crippen MR) is 74.5 cm³/mol. The predicted octanol–water partition coefficient (Wildman–Crippen LogP) is 2.53. The van der Waals surface area contributed by atoms with E-state index in [9.17, 15) is 9.59 Å². The number of methoxy groups -OCH3 is 1. The number of benzene rings is 1. The molecule has 0 spiro atoms. The molecule has 0 aliphatic heterocycles. The summed E-state index contributed by atoms with van der Waals surface area (Å²) in [7, 11) is 5.06. The number of Topliss-reactive ketones (excluding diaryl/α,β-unsaturated/α-hetero) is 1. The summed E-state index contributed by atoms with van der Waals surface area (Å²) in [6, 6.07) is 7.15. The lowest BCUT2D eigenvalue weighted by Gasteiger charge is -2.09. The summed E-state index contributed by atoms with van der Waals surface area (Å²) in [5, 5.41) is 0. The van der Waals surface area contributed by atoms with Crippen LogP contribution in [-0.2, 0) is 4.79 Å². The molecule has 0 aliphatic rings. The van der Waals surface area contributed by atoms with Crippen LogP contribution in [0.3, 0.4) is 0 Å². The van der Waals surface area contributed by atoms with Crippen molar-refractivity contribution in [2.45, 2.75) is 25.7 Å². The second-order valence-electron chi connectivity index (χ2n) is 4.65. The number of rotatable bonds is 7. The lowest BCUT2D eigenvalue weighted by atomic mass is 10.0. The van der Waals surface area contributed by atoms with Crippen LogP contribution in [0.15, 0.2) is 24.3 Å². The maximum atomic E-state index is 11.9. The van der Waals surface area contributed by atoms with Crippen LogP contribution in [0, 0.1) is 0 Å². The Labute approximate surface area is 114 Å². The molecule has 4 nitrogen and oxygen atoms in total. The van der Waals surface area contributed by atoms with E-state index in [0.717, 1.165) is 12.8 Å². The summed E-state index contributed by atoms with van der Waals surface area (Å²) in [5.74, 6) is 0.888. The number of carbonyl (C=O) groups is 2. The van der Waals surface area contributed by atoms with Gasteiger partial charge in [-0.25, -0.2) is 0 Å². The number of amides is 1. The molecule has 0 heterocycles. The largest absolute Gasteiger partial charge is 0.497 e. The molecule has 104 valence electrons. The molecule has 1 aromatic rings. The van der Waals surface area contributed by atoms with Gasteiger partial charge in [0.25, 0.3) is 0 Å². The molecule has 1 aromatic carbocycles. The Morgan fingerprint density at radius 2 is 1.84 bits per heavy atom. The normalized spacial score (nSPS) is 10.1. The van der Waals surface area contributed by atoms with E-state index in [1.165, 1.54) is 0 Å². The number of ether oxygens (including phenoxy) is 1. The number of ketones is 1. The standard InChI is InChI=1S/C15H21NO3/c1-16(2)15(18)10-5-4-9-14(17)12-7-6-8-13(11-12)19-3/h6-8,11H,4-5,9-10H2,1-3H3. The van der Waals surface area contributed by atoms with E-state index in [1.54, 1.807) is 38.2 Å². The van der Waals surface area contributed by atoms with Crippen LogP contribution in [0.5, 0.6) is 5.75 Å². The minimum atomic E-state index is 0.0937. The van der Waals surface area contributed by atoms with E-state index in [4.69, 9.17) is 4.74 Å². The molecule has 19 heavy (non-hydrogen) atoms. The van der Waals surface area contributed by atoms with Gasteiger partial charge in [0.15, 0.2) is 5.78 Å². The first kappa shape index (κ1) is 15.2. The fourth-order valence-corrected chi connectivity index (χ4v) is 1.73. The second-order valence-corrected chi connectivity index (χ2v) is 4.65. The van der Waals surface area contributed by atoms with E-state index < -0.39 is 0 Å². The van der Waals surface area contributed by atoms with Gasteiger partial charge in [-0.15, -0.1) is 0 Å². The van der Waals surface area contributed by atoms with Crippen LogP contribution in [0.25, 0.3) is 0 Å². The monoisotopic (exact) mass is 263 g/mol. The van der Waals surface area contributed by atoms with Crippen LogP contribution in [-0.4, -0.2) is 37.8 Å². The Bertz CT molecular complexity index is 441. The minimum absolute atomic E-state index is 0.0937. The van der Waals surface area contributed by atoms with Crippen molar-refractivity contribution < 1.29 is 14.3 Å². The second kappa shape index (κ2) is 7.56. The quantitative estimate of drug-likeness (QED) is 0.561. The molecule has 0 fully saturated rings. The fourth-order valence-electron chi connectivity index (χ4n) is 1.73. The summed E-state index contributed by atoms with van der Waals surface area (Å²) in [6.45, 7) is 0. The van der Waals surface area contributed by atoms with Gasteiger partial charge in [0.2, 0.25) is 5.91 Å². The van der Waals surface area contributed by atoms with E-state index >= 15 is 0 Å². The summed E-state index contributed by atoms with van der Waals surface area (Å²) in [4.78, 5) is 24.9. The van der Waals surface area contributed by atoms with E-state index in [0.29, 0.717) is 24.2 Å². The highest BCUT2D eigenvalue weighted by atomic mass is 16.5. The molecule has 0 aliphatic carbocycles. The Morgan fingerprint density at radius 3 is 2.47 bits per heavy atom. The summed E-state index contributed by atoms with van der Waals surface area (Å²) < 4.78 is 5.09. The number of hydrogen-bond donors (Lipinski definition) is 0. The van der Waals surface area contributed by atoms with Crippen molar-refractivity contribution in [3.63, 3.8) is 0 Å². The molecule has 0 aromatic heterocycles. The zero-order valence-electron chi connectivity index (χ0n) is 11.8. The number of carbonyl (C=O) groups excluding carboxylic acids is 2. The molecule has 0 unspecified atom stereocenters. The summed E-state index contributed by atoms with van der Waals surface area (Å²) in [5.41, 5.74) is 0.665. The lowest BCUT2D eigenvalue weighted by molar-refractivity contribution is -0.128. The number of nitrogens with zero attached hydrogens (tertiary/aromatic N) is 1.